The van der Waals surface area contributed by atoms with Crippen LogP contribution in [0.4, 0.5) is 5.95 Å². The molecule has 4 aromatic rings. The van der Waals surface area contributed by atoms with Crippen molar-refractivity contribution in [2.45, 2.75) is 37.8 Å². The van der Waals surface area contributed by atoms with Gasteiger partial charge in [-0.05, 0) is 36.6 Å². The fraction of sp³-hybridized carbons (Fsp3) is 0.261. The van der Waals surface area contributed by atoms with Crippen LogP contribution < -0.4 is 5.32 Å². The van der Waals surface area contributed by atoms with Crippen LogP contribution in [0, 0.1) is 0 Å². The minimum atomic E-state index is -0.840. The number of aliphatic hydroxyl groups excluding tert-OH is 1. The third kappa shape index (κ3) is 3.47. The molecule has 146 valence electrons. The summed E-state index contributed by atoms with van der Waals surface area (Å²) >= 11 is 0. The monoisotopic (exact) mass is 385 g/mol. The van der Waals surface area contributed by atoms with Gasteiger partial charge in [0.05, 0.1) is 16.8 Å². The summed E-state index contributed by atoms with van der Waals surface area (Å²) in [5, 5.41) is 19.2. The zero-order valence-electron chi connectivity index (χ0n) is 16.1. The van der Waals surface area contributed by atoms with Crippen molar-refractivity contribution in [3.05, 3.63) is 78.2 Å². The van der Waals surface area contributed by atoms with Crippen molar-refractivity contribution in [1.82, 2.24) is 19.6 Å². The summed E-state index contributed by atoms with van der Waals surface area (Å²) in [6.45, 7) is 0. The number of rotatable bonds is 5. The molecular formula is C23H23N5O. The summed E-state index contributed by atoms with van der Waals surface area (Å²) in [5.41, 5.74) is 3.89. The highest BCUT2D eigenvalue weighted by molar-refractivity contribution is 5.81. The highest BCUT2D eigenvalue weighted by atomic mass is 16.3. The molecule has 0 radical (unpaired) electrons. The first-order valence-electron chi connectivity index (χ1n) is 10.1. The number of anilines is 1. The Balaban J connectivity index is 1.60. The maximum Gasteiger partial charge on any atom is 0.223 e. The van der Waals surface area contributed by atoms with E-state index in [4.69, 9.17) is 4.98 Å². The number of nitrogens with one attached hydrogen (secondary N) is 1. The first-order valence-corrected chi connectivity index (χ1v) is 10.1. The second kappa shape index (κ2) is 7.64. The van der Waals surface area contributed by atoms with Crippen molar-refractivity contribution in [2.75, 3.05) is 5.32 Å². The van der Waals surface area contributed by atoms with Crippen molar-refractivity contribution in [1.29, 1.82) is 0 Å². The number of fused-ring (bicyclic) bond motifs is 1. The average molecular weight is 385 g/mol. The molecule has 2 N–H and O–H groups in total. The van der Waals surface area contributed by atoms with E-state index in [-0.39, 0.29) is 0 Å². The SMILES string of the molecule is OC(c1ccccc1)c1nn2ccccc2c1-c1ccnc(NC2CCCC2)n1. The molecule has 6 nitrogen and oxygen atoms in total. The van der Waals surface area contributed by atoms with Gasteiger partial charge in [0.2, 0.25) is 5.95 Å². The van der Waals surface area contributed by atoms with Gasteiger partial charge in [0, 0.05) is 18.4 Å². The molecule has 1 unspecified atom stereocenters. The predicted molar refractivity (Wildman–Crippen MR) is 113 cm³/mol. The van der Waals surface area contributed by atoms with E-state index in [0.29, 0.717) is 17.7 Å². The van der Waals surface area contributed by atoms with E-state index in [1.165, 1.54) is 12.8 Å². The second-order valence-corrected chi connectivity index (χ2v) is 7.50. The van der Waals surface area contributed by atoms with E-state index in [1.807, 2.05) is 60.8 Å². The maximum atomic E-state index is 11.1. The van der Waals surface area contributed by atoms with Gasteiger partial charge in [0.1, 0.15) is 11.8 Å². The van der Waals surface area contributed by atoms with E-state index in [1.54, 1.807) is 10.7 Å². The predicted octanol–water partition coefficient (Wildman–Crippen LogP) is 4.23. The number of hydrogen-bond donors (Lipinski definition) is 2. The first-order chi connectivity index (χ1) is 14.3. The number of benzene rings is 1. The van der Waals surface area contributed by atoms with Gasteiger partial charge in [0.15, 0.2) is 0 Å². The molecule has 1 atom stereocenters. The molecule has 6 heteroatoms. The van der Waals surface area contributed by atoms with Crippen LogP contribution in [0.1, 0.15) is 43.0 Å². The van der Waals surface area contributed by atoms with E-state index >= 15 is 0 Å². The van der Waals surface area contributed by atoms with Crippen LogP contribution in [0.25, 0.3) is 16.8 Å². The lowest BCUT2D eigenvalue weighted by Gasteiger charge is -2.13. The summed E-state index contributed by atoms with van der Waals surface area (Å²) in [5.74, 6) is 0.629. The first kappa shape index (κ1) is 17.8. The van der Waals surface area contributed by atoms with Gasteiger partial charge in [-0.15, -0.1) is 0 Å². The Morgan fingerprint density at radius 2 is 1.79 bits per heavy atom. The molecule has 3 aromatic heterocycles. The van der Waals surface area contributed by atoms with E-state index in [0.717, 1.165) is 35.2 Å². The highest BCUT2D eigenvalue weighted by Crippen LogP contribution is 2.34. The Bertz CT molecular complexity index is 1120. The molecule has 1 fully saturated rings. The lowest BCUT2D eigenvalue weighted by atomic mass is 10.0. The zero-order chi connectivity index (χ0) is 19.6. The molecule has 1 saturated carbocycles. The molecule has 3 heterocycles. The molecule has 1 aliphatic rings. The van der Waals surface area contributed by atoms with Gasteiger partial charge in [0.25, 0.3) is 0 Å². The number of hydrogen-bond acceptors (Lipinski definition) is 5. The molecule has 0 saturated heterocycles. The molecule has 29 heavy (non-hydrogen) atoms. The van der Waals surface area contributed by atoms with Gasteiger partial charge in [-0.1, -0.05) is 49.2 Å². The summed E-state index contributed by atoms with van der Waals surface area (Å²) in [6.07, 6.45) is 7.62. The Morgan fingerprint density at radius 3 is 2.62 bits per heavy atom. The molecule has 1 aliphatic carbocycles. The largest absolute Gasteiger partial charge is 0.382 e. The van der Waals surface area contributed by atoms with Crippen LogP contribution in [0.3, 0.4) is 0 Å². The number of nitrogens with zero attached hydrogens (tertiary/aromatic N) is 4. The van der Waals surface area contributed by atoms with Gasteiger partial charge in [-0.25, -0.2) is 14.5 Å². The van der Waals surface area contributed by atoms with Crippen molar-refractivity contribution >= 4 is 11.5 Å². The Kier molecular flexibility index (Phi) is 4.69. The van der Waals surface area contributed by atoms with E-state index < -0.39 is 6.10 Å². The Hall–Kier alpha value is -3.25. The van der Waals surface area contributed by atoms with Crippen molar-refractivity contribution in [2.24, 2.45) is 0 Å². The van der Waals surface area contributed by atoms with Crippen LogP contribution in [0.2, 0.25) is 0 Å². The lowest BCUT2D eigenvalue weighted by molar-refractivity contribution is 0.215. The fourth-order valence-corrected chi connectivity index (χ4v) is 4.08. The second-order valence-electron chi connectivity index (χ2n) is 7.50. The molecule has 0 aliphatic heterocycles. The molecule has 0 bridgehead atoms. The Labute approximate surface area is 169 Å². The number of aliphatic hydroxyl groups is 1. The van der Waals surface area contributed by atoms with E-state index in [2.05, 4.69) is 15.4 Å². The van der Waals surface area contributed by atoms with Crippen molar-refractivity contribution < 1.29 is 5.11 Å². The van der Waals surface area contributed by atoms with Crippen LogP contribution >= 0.6 is 0 Å². The third-order valence-electron chi connectivity index (χ3n) is 5.54. The summed E-state index contributed by atoms with van der Waals surface area (Å²) < 4.78 is 1.79. The van der Waals surface area contributed by atoms with Crippen molar-refractivity contribution in [3.63, 3.8) is 0 Å². The topological polar surface area (TPSA) is 75.3 Å². The van der Waals surface area contributed by atoms with Gasteiger partial charge >= 0.3 is 0 Å². The highest BCUT2D eigenvalue weighted by Gasteiger charge is 2.24. The van der Waals surface area contributed by atoms with Crippen molar-refractivity contribution in [3.8, 4) is 11.3 Å². The van der Waals surface area contributed by atoms with Crippen LogP contribution in [-0.2, 0) is 0 Å². The maximum absolute atomic E-state index is 11.1. The normalized spacial score (nSPS) is 15.6. The average Bonchev–Trinajstić information content (AvgIpc) is 3.41. The van der Waals surface area contributed by atoms with Gasteiger partial charge in [-0.3, -0.25) is 0 Å². The van der Waals surface area contributed by atoms with Crippen LogP contribution in [-0.4, -0.2) is 30.7 Å². The molecule has 5 rings (SSSR count). The smallest absolute Gasteiger partial charge is 0.223 e. The minimum Gasteiger partial charge on any atom is -0.382 e. The number of aromatic nitrogens is 4. The molecular weight excluding hydrogens is 362 g/mol. The quantitative estimate of drug-likeness (QED) is 0.538. The fourth-order valence-electron chi connectivity index (χ4n) is 4.08. The zero-order valence-corrected chi connectivity index (χ0v) is 16.1. The lowest BCUT2D eigenvalue weighted by Crippen LogP contribution is -2.16. The molecule has 1 aromatic carbocycles. The standard InChI is InChI=1S/C23H23N5O/c29-22(16-8-2-1-3-9-16)21-20(19-12-6-7-15-28(19)27-21)18-13-14-24-23(26-18)25-17-10-4-5-11-17/h1-3,6-9,12-15,17,22,29H,4-5,10-11H2,(H,24,25,26). The summed E-state index contributed by atoms with van der Waals surface area (Å²) in [4.78, 5) is 9.19. The molecule has 0 amide bonds. The minimum absolute atomic E-state index is 0.434. The number of pyridine rings is 1. The van der Waals surface area contributed by atoms with Crippen LogP contribution in [0.15, 0.2) is 67.0 Å². The Morgan fingerprint density at radius 1 is 1.00 bits per heavy atom. The van der Waals surface area contributed by atoms with Gasteiger partial charge < -0.3 is 10.4 Å². The van der Waals surface area contributed by atoms with Crippen LogP contribution in [0.5, 0.6) is 0 Å². The third-order valence-corrected chi connectivity index (χ3v) is 5.54. The summed E-state index contributed by atoms with van der Waals surface area (Å²) in [7, 11) is 0. The van der Waals surface area contributed by atoms with Gasteiger partial charge in [-0.2, -0.15) is 5.10 Å². The summed E-state index contributed by atoms with van der Waals surface area (Å²) in [6, 6.07) is 17.8. The molecule has 0 spiro atoms. The van der Waals surface area contributed by atoms with E-state index in [9.17, 15) is 5.11 Å².